The van der Waals surface area contributed by atoms with Crippen molar-refractivity contribution < 1.29 is 0 Å². The molecule has 0 aliphatic carbocycles. The summed E-state index contributed by atoms with van der Waals surface area (Å²) in [6.45, 7) is 12.5. The van der Waals surface area contributed by atoms with Crippen molar-refractivity contribution in [1.82, 2.24) is 14.7 Å². The largest absolute Gasteiger partial charge is 0.298 e. The standard InChI is InChI=1S/C13H23N3/c1-9(2)12-6-16(7-12)8-13-10(3)14-15(5)11(13)4/h9,12H,6-8H2,1-5H3. The van der Waals surface area contributed by atoms with Gasteiger partial charge in [0.2, 0.25) is 0 Å². The molecule has 2 rings (SSSR count). The number of aromatic nitrogens is 2. The van der Waals surface area contributed by atoms with Gasteiger partial charge in [0.05, 0.1) is 5.69 Å². The van der Waals surface area contributed by atoms with Gasteiger partial charge in [0.25, 0.3) is 0 Å². The van der Waals surface area contributed by atoms with Gasteiger partial charge in [0.15, 0.2) is 0 Å². The molecule has 0 saturated carbocycles. The molecule has 1 aliphatic heterocycles. The fraction of sp³-hybridized carbons (Fsp3) is 0.769. The first kappa shape index (κ1) is 11.6. The fourth-order valence-electron chi connectivity index (χ4n) is 2.43. The average Bonchev–Trinajstić information content (AvgIpc) is 2.35. The Morgan fingerprint density at radius 3 is 2.38 bits per heavy atom. The number of nitrogens with zero attached hydrogens (tertiary/aromatic N) is 3. The Hall–Kier alpha value is -0.830. The van der Waals surface area contributed by atoms with E-state index in [4.69, 9.17) is 0 Å². The lowest BCUT2D eigenvalue weighted by molar-refractivity contribution is 0.0611. The van der Waals surface area contributed by atoms with Crippen LogP contribution >= 0.6 is 0 Å². The van der Waals surface area contributed by atoms with Gasteiger partial charge in [-0.05, 0) is 25.7 Å². The zero-order valence-electron chi connectivity index (χ0n) is 11.1. The van der Waals surface area contributed by atoms with Gasteiger partial charge in [-0.2, -0.15) is 5.10 Å². The van der Waals surface area contributed by atoms with Gasteiger partial charge in [-0.1, -0.05) is 13.8 Å². The maximum absolute atomic E-state index is 4.47. The van der Waals surface area contributed by atoms with Gasteiger partial charge in [-0.3, -0.25) is 9.58 Å². The molecule has 0 atom stereocenters. The second kappa shape index (κ2) is 4.21. The minimum Gasteiger partial charge on any atom is -0.298 e. The number of aryl methyl sites for hydroxylation is 2. The molecule has 90 valence electrons. The van der Waals surface area contributed by atoms with Gasteiger partial charge in [-0.25, -0.2) is 0 Å². The second-order valence-electron chi connectivity index (χ2n) is 5.47. The maximum atomic E-state index is 4.47. The molecule has 0 spiro atoms. The lowest BCUT2D eigenvalue weighted by Crippen LogP contribution is -2.48. The van der Waals surface area contributed by atoms with Crippen molar-refractivity contribution in [2.24, 2.45) is 18.9 Å². The summed E-state index contributed by atoms with van der Waals surface area (Å²) < 4.78 is 1.99. The summed E-state index contributed by atoms with van der Waals surface area (Å²) in [6, 6.07) is 0. The third-order valence-electron chi connectivity index (χ3n) is 3.97. The van der Waals surface area contributed by atoms with Crippen molar-refractivity contribution in [2.45, 2.75) is 34.2 Å². The van der Waals surface area contributed by atoms with Crippen molar-refractivity contribution in [1.29, 1.82) is 0 Å². The molecule has 3 nitrogen and oxygen atoms in total. The SMILES string of the molecule is Cc1nn(C)c(C)c1CN1CC(C(C)C)C1. The second-order valence-corrected chi connectivity index (χ2v) is 5.47. The van der Waals surface area contributed by atoms with Crippen LogP contribution in [0.1, 0.15) is 30.8 Å². The summed E-state index contributed by atoms with van der Waals surface area (Å²) in [5.41, 5.74) is 3.92. The Bertz CT molecular complexity index is 373. The quantitative estimate of drug-likeness (QED) is 0.779. The molecule has 1 aromatic heterocycles. The molecule has 0 N–H and O–H groups in total. The molecule has 16 heavy (non-hydrogen) atoms. The Kier molecular flexibility index (Phi) is 3.06. The average molecular weight is 221 g/mol. The predicted molar refractivity (Wildman–Crippen MR) is 66.3 cm³/mol. The van der Waals surface area contributed by atoms with Crippen molar-refractivity contribution in [3.05, 3.63) is 17.0 Å². The van der Waals surface area contributed by atoms with E-state index in [1.165, 1.54) is 30.0 Å². The van der Waals surface area contributed by atoms with Crippen LogP contribution in [0.15, 0.2) is 0 Å². The fourth-order valence-corrected chi connectivity index (χ4v) is 2.43. The Morgan fingerprint density at radius 1 is 1.31 bits per heavy atom. The van der Waals surface area contributed by atoms with Gasteiger partial charge in [0, 0.05) is 37.9 Å². The molecule has 0 radical (unpaired) electrons. The highest BCUT2D eigenvalue weighted by atomic mass is 15.3. The van der Waals surface area contributed by atoms with Crippen molar-refractivity contribution in [3.63, 3.8) is 0 Å². The number of hydrogen-bond acceptors (Lipinski definition) is 2. The van der Waals surface area contributed by atoms with Gasteiger partial charge >= 0.3 is 0 Å². The first-order chi connectivity index (χ1) is 7.49. The molecule has 2 heterocycles. The van der Waals surface area contributed by atoms with E-state index in [2.05, 4.69) is 37.7 Å². The third-order valence-corrected chi connectivity index (χ3v) is 3.97. The summed E-state index contributed by atoms with van der Waals surface area (Å²) in [4.78, 5) is 2.53. The first-order valence-corrected chi connectivity index (χ1v) is 6.20. The summed E-state index contributed by atoms with van der Waals surface area (Å²) >= 11 is 0. The zero-order valence-corrected chi connectivity index (χ0v) is 11.1. The van der Waals surface area contributed by atoms with E-state index in [-0.39, 0.29) is 0 Å². The van der Waals surface area contributed by atoms with Crippen molar-refractivity contribution in [2.75, 3.05) is 13.1 Å². The van der Waals surface area contributed by atoms with E-state index in [9.17, 15) is 0 Å². The zero-order chi connectivity index (χ0) is 11.9. The summed E-state index contributed by atoms with van der Waals surface area (Å²) in [6.07, 6.45) is 0. The summed E-state index contributed by atoms with van der Waals surface area (Å²) in [5.74, 6) is 1.73. The molecule has 1 saturated heterocycles. The van der Waals surface area contributed by atoms with Crippen LogP contribution in [0.5, 0.6) is 0 Å². The topological polar surface area (TPSA) is 21.1 Å². The first-order valence-electron chi connectivity index (χ1n) is 6.20. The Balaban J connectivity index is 1.96. The van der Waals surface area contributed by atoms with Gasteiger partial charge in [-0.15, -0.1) is 0 Å². The van der Waals surface area contributed by atoms with Gasteiger partial charge in [0.1, 0.15) is 0 Å². The predicted octanol–water partition coefficient (Wildman–Crippen LogP) is 2.12. The highest BCUT2D eigenvalue weighted by molar-refractivity contribution is 5.24. The van der Waals surface area contributed by atoms with Crippen molar-refractivity contribution in [3.8, 4) is 0 Å². The van der Waals surface area contributed by atoms with Crippen LogP contribution in [0.2, 0.25) is 0 Å². The lowest BCUT2D eigenvalue weighted by atomic mass is 9.88. The highest BCUT2D eigenvalue weighted by Crippen LogP contribution is 2.26. The maximum Gasteiger partial charge on any atom is 0.0641 e. The highest BCUT2D eigenvalue weighted by Gasteiger charge is 2.29. The van der Waals surface area contributed by atoms with E-state index < -0.39 is 0 Å². The van der Waals surface area contributed by atoms with E-state index in [0.29, 0.717) is 0 Å². The Morgan fingerprint density at radius 2 is 1.94 bits per heavy atom. The molecule has 0 bridgehead atoms. The monoisotopic (exact) mass is 221 g/mol. The number of rotatable bonds is 3. The smallest absolute Gasteiger partial charge is 0.0641 e. The van der Waals surface area contributed by atoms with Gasteiger partial charge < -0.3 is 0 Å². The van der Waals surface area contributed by atoms with Crippen LogP contribution in [0.25, 0.3) is 0 Å². The van der Waals surface area contributed by atoms with Crippen LogP contribution in [-0.4, -0.2) is 27.8 Å². The van der Waals surface area contributed by atoms with Crippen LogP contribution in [0.4, 0.5) is 0 Å². The van der Waals surface area contributed by atoms with E-state index in [1.807, 2.05) is 11.7 Å². The molecule has 0 amide bonds. The summed E-state index contributed by atoms with van der Waals surface area (Å²) in [7, 11) is 2.03. The minimum absolute atomic E-state index is 0.826. The number of likely N-dealkylation sites (tertiary alicyclic amines) is 1. The molecule has 0 unspecified atom stereocenters. The molecule has 3 heteroatoms. The number of hydrogen-bond donors (Lipinski definition) is 0. The molecule has 0 aromatic carbocycles. The third kappa shape index (κ3) is 2.01. The minimum atomic E-state index is 0.826. The van der Waals surface area contributed by atoms with Crippen molar-refractivity contribution >= 4 is 0 Å². The van der Waals surface area contributed by atoms with E-state index in [0.717, 1.165) is 18.4 Å². The van der Waals surface area contributed by atoms with Crippen LogP contribution in [-0.2, 0) is 13.6 Å². The van der Waals surface area contributed by atoms with Crippen LogP contribution in [0, 0.1) is 25.7 Å². The lowest BCUT2D eigenvalue weighted by Gasteiger charge is -2.41. The molecule has 1 aromatic rings. The van der Waals surface area contributed by atoms with Crippen LogP contribution < -0.4 is 0 Å². The van der Waals surface area contributed by atoms with Crippen LogP contribution in [0.3, 0.4) is 0 Å². The molecular formula is C13H23N3. The molecular weight excluding hydrogens is 198 g/mol. The Labute approximate surface area is 98.4 Å². The normalized spacial score (nSPS) is 18.1. The molecule has 1 aliphatic rings. The molecule has 1 fully saturated rings. The van der Waals surface area contributed by atoms with E-state index >= 15 is 0 Å². The summed E-state index contributed by atoms with van der Waals surface area (Å²) in [5, 5.41) is 4.47. The van der Waals surface area contributed by atoms with E-state index in [1.54, 1.807) is 0 Å².